The Morgan fingerprint density at radius 2 is 2.00 bits per heavy atom. The van der Waals surface area contributed by atoms with Crippen molar-refractivity contribution in [2.45, 2.75) is 25.0 Å². The molecule has 1 aliphatic rings. The normalized spacial score (nSPS) is 20.0. The molecule has 0 spiro atoms. The van der Waals surface area contributed by atoms with E-state index in [4.69, 9.17) is 9.47 Å². The maximum atomic E-state index is 12.7. The number of carbonyl (C=O) groups excluding carboxylic acids is 1. The molecule has 7 nitrogen and oxygen atoms in total. The molecule has 3 N–H and O–H groups in total. The lowest BCUT2D eigenvalue weighted by atomic mass is 9.75. The minimum Gasteiger partial charge on any atom is -0.504 e. The van der Waals surface area contributed by atoms with E-state index >= 15 is 0 Å². The summed E-state index contributed by atoms with van der Waals surface area (Å²) < 4.78 is 10.1. The van der Waals surface area contributed by atoms with Crippen LogP contribution in [0.2, 0.25) is 0 Å². The zero-order valence-electron chi connectivity index (χ0n) is 14.7. The van der Waals surface area contributed by atoms with Gasteiger partial charge >= 0.3 is 0 Å². The molecule has 1 aromatic heterocycles. The second kappa shape index (κ2) is 7.61. The van der Waals surface area contributed by atoms with Crippen molar-refractivity contribution in [1.29, 1.82) is 0 Å². The van der Waals surface area contributed by atoms with E-state index in [0.717, 1.165) is 5.56 Å². The molecule has 0 radical (unpaired) electrons. The molecular formula is C19H22N2O5. The van der Waals surface area contributed by atoms with Crippen LogP contribution in [0.1, 0.15) is 34.8 Å². The van der Waals surface area contributed by atoms with Gasteiger partial charge in [0, 0.05) is 17.8 Å². The number of rotatable bonds is 6. The summed E-state index contributed by atoms with van der Waals surface area (Å²) in [4.78, 5) is 16.9. The summed E-state index contributed by atoms with van der Waals surface area (Å²) in [5, 5.41) is 22.5. The van der Waals surface area contributed by atoms with Crippen LogP contribution in [0.15, 0.2) is 36.5 Å². The summed E-state index contributed by atoms with van der Waals surface area (Å²) in [6.07, 6.45) is 2.56. The minimum atomic E-state index is -0.337. The molecule has 3 rings (SSSR count). The average molecular weight is 358 g/mol. The van der Waals surface area contributed by atoms with Crippen LogP contribution in [0, 0.1) is 5.92 Å². The molecule has 1 heterocycles. The zero-order chi connectivity index (χ0) is 18.7. The van der Waals surface area contributed by atoms with Crippen LogP contribution in [0.3, 0.4) is 0 Å². The molecule has 138 valence electrons. The van der Waals surface area contributed by atoms with Crippen molar-refractivity contribution >= 4 is 5.91 Å². The van der Waals surface area contributed by atoms with E-state index in [2.05, 4.69) is 10.3 Å². The molecule has 26 heavy (non-hydrogen) atoms. The number of phenolic OH excluding ortho intramolecular Hbond substituents is 1. The van der Waals surface area contributed by atoms with Crippen molar-refractivity contribution in [3.8, 4) is 17.4 Å². The molecule has 1 aromatic carbocycles. The monoisotopic (exact) mass is 358 g/mol. The smallest absolute Gasteiger partial charge is 0.251 e. The van der Waals surface area contributed by atoms with Gasteiger partial charge in [0.15, 0.2) is 11.5 Å². The van der Waals surface area contributed by atoms with Crippen LogP contribution in [0.25, 0.3) is 0 Å². The Bertz CT molecular complexity index is 772. The summed E-state index contributed by atoms with van der Waals surface area (Å²) in [6.45, 7) is 0. The summed E-state index contributed by atoms with van der Waals surface area (Å²) in [5.41, 5.74) is 1.17. The fourth-order valence-corrected chi connectivity index (χ4v) is 3.13. The molecule has 1 amide bonds. The van der Waals surface area contributed by atoms with Gasteiger partial charge in [-0.15, -0.1) is 0 Å². The van der Waals surface area contributed by atoms with Gasteiger partial charge in [-0.3, -0.25) is 4.79 Å². The van der Waals surface area contributed by atoms with Gasteiger partial charge in [-0.1, -0.05) is 6.07 Å². The number of ether oxygens (including phenoxy) is 2. The number of nitrogens with zero attached hydrogens (tertiary/aromatic N) is 1. The maximum Gasteiger partial charge on any atom is 0.251 e. The largest absolute Gasteiger partial charge is 0.504 e. The van der Waals surface area contributed by atoms with Gasteiger partial charge in [0.05, 0.1) is 26.4 Å². The van der Waals surface area contributed by atoms with Crippen LogP contribution >= 0.6 is 0 Å². The van der Waals surface area contributed by atoms with Crippen LogP contribution in [-0.4, -0.2) is 41.4 Å². The van der Waals surface area contributed by atoms with E-state index in [9.17, 15) is 15.0 Å². The van der Waals surface area contributed by atoms with Gasteiger partial charge in [-0.05, 0) is 42.5 Å². The Kier molecular flexibility index (Phi) is 5.27. The SMILES string of the molecule is COc1ccc([C@@H](NC(=O)c2ccc(OC)c(O)c2)C2CC(O)C2)cn1. The van der Waals surface area contributed by atoms with Crippen molar-refractivity contribution in [1.82, 2.24) is 10.3 Å². The predicted molar refractivity (Wildman–Crippen MR) is 94.4 cm³/mol. The van der Waals surface area contributed by atoms with Crippen molar-refractivity contribution in [3.05, 3.63) is 47.7 Å². The molecule has 1 aliphatic carbocycles. The standard InChI is InChI=1S/C19H22N2O5/c1-25-16-5-3-11(9-15(16)23)19(24)21-18(13-7-14(22)8-13)12-4-6-17(26-2)20-10-12/h3-6,9-10,13-14,18,22-23H,7-8H2,1-2H3,(H,21,24)/t13?,14?,18-/m1/s1. The van der Waals surface area contributed by atoms with Crippen molar-refractivity contribution in [3.63, 3.8) is 0 Å². The van der Waals surface area contributed by atoms with E-state index < -0.39 is 0 Å². The van der Waals surface area contributed by atoms with Gasteiger partial charge in [-0.25, -0.2) is 4.98 Å². The number of nitrogens with one attached hydrogen (secondary N) is 1. The van der Waals surface area contributed by atoms with Crippen LogP contribution in [-0.2, 0) is 0 Å². The molecule has 0 unspecified atom stereocenters. The Morgan fingerprint density at radius 1 is 1.23 bits per heavy atom. The first kappa shape index (κ1) is 18.0. The maximum absolute atomic E-state index is 12.7. The van der Waals surface area contributed by atoms with Crippen molar-refractivity contribution < 1.29 is 24.5 Å². The lowest BCUT2D eigenvalue weighted by molar-refractivity contribution is 0.0234. The van der Waals surface area contributed by atoms with Gasteiger partial charge in [0.25, 0.3) is 5.91 Å². The van der Waals surface area contributed by atoms with E-state index in [1.165, 1.54) is 13.2 Å². The Morgan fingerprint density at radius 3 is 2.54 bits per heavy atom. The van der Waals surface area contributed by atoms with Crippen LogP contribution in [0.5, 0.6) is 17.4 Å². The Hall–Kier alpha value is -2.80. The first-order valence-electron chi connectivity index (χ1n) is 8.37. The topological polar surface area (TPSA) is 101 Å². The van der Waals surface area contributed by atoms with E-state index in [1.54, 1.807) is 31.5 Å². The highest BCUT2D eigenvalue weighted by Gasteiger charge is 2.36. The van der Waals surface area contributed by atoms with Crippen LogP contribution in [0.4, 0.5) is 0 Å². The number of carbonyl (C=O) groups is 1. The van der Waals surface area contributed by atoms with Gasteiger partial charge in [0.2, 0.25) is 5.88 Å². The predicted octanol–water partition coefficient (Wildman–Crippen LogP) is 2.05. The molecule has 0 aliphatic heterocycles. The molecule has 2 aromatic rings. The quantitative estimate of drug-likeness (QED) is 0.731. The van der Waals surface area contributed by atoms with Crippen molar-refractivity contribution in [2.75, 3.05) is 14.2 Å². The number of phenols is 1. The molecule has 0 saturated heterocycles. The third kappa shape index (κ3) is 3.72. The number of hydrogen-bond acceptors (Lipinski definition) is 6. The molecule has 7 heteroatoms. The highest BCUT2D eigenvalue weighted by molar-refractivity contribution is 5.95. The summed E-state index contributed by atoms with van der Waals surface area (Å²) in [7, 11) is 2.99. The summed E-state index contributed by atoms with van der Waals surface area (Å²) >= 11 is 0. The second-order valence-electron chi connectivity index (χ2n) is 6.36. The number of aromatic nitrogens is 1. The lowest BCUT2D eigenvalue weighted by Gasteiger charge is -2.38. The molecule has 1 saturated carbocycles. The first-order valence-corrected chi connectivity index (χ1v) is 8.37. The van der Waals surface area contributed by atoms with Crippen molar-refractivity contribution in [2.24, 2.45) is 5.92 Å². The molecular weight excluding hydrogens is 336 g/mol. The molecule has 1 fully saturated rings. The van der Waals surface area contributed by atoms with Crippen LogP contribution < -0.4 is 14.8 Å². The molecule has 1 atom stereocenters. The molecule has 0 bridgehead atoms. The third-order valence-corrected chi connectivity index (χ3v) is 4.68. The second-order valence-corrected chi connectivity index (χ2v) is 6.36. The van der Waals surface area contributed by atoms with E-state index in [-0.39, 0.29) is 29.7 Å². The highest BCUT2D eigenvalue weighted by Crippen LogP contribution is 2.38. The van der Waals surface area contributed by atoms with Gasteiger partial charge in [-0.2, -0.15) is 0 Å². The van der Waals surface area contributed by atoms with Gasteiger partial charge in [0.1, 0.15) is 0 Å². The fraction of sp³-hybridized carbons (Fsp3) is 0.368. The first-order chi connectivity index (χ1) is 12.5. The summed E-state index contributed by atoms with van der Waals surface area (Å²) in [5.74, 6) is 0.509. The highest BCUT2D eigenvalue weighted by atomic mass is 16.5. The lowest BCUT2D eigenvalue weighted by Crippen LogP contribution is -2.41. The number of aliphatic hydroxyl groups excluding tert-OH is 1. The number of hydrogen-bond donors (Lipinski definition) is 3. The van der Waals surface area contributed by atoms with E-state index in [0.29, 0.717) is 30.0 Å². The average Bonchev–Trinajstić information content (AvgIpc) is 2.63. The fourth-order valence-electron chi connectivity index (χ4n) is 3.13. The minimum absolute atomic E-state index is 0.0955. The number of aliphatic hydroxyl groups is 1. The number of pyridine rings is 1. The Balaban J connectivity index is 1.80. The number of methoxy groups -OCH3 is 2. The van der Waals surface area contributed by atoms with E-state index in [1.807, 2.05) is 6.07 Å². The number of amides is 1. The van der Waals surface area contributed by atoms with Gasteiger partial charge < -0.3 is 25.0 Å². The number of aromatic hydroxyl groups is 1. The zero-order valence-corrected chi connectivity index (χ0v) is 14.7. The Labute approximate surface area is 151 Å². The summed E-state index contributed by atoms with van der Waals surface area (Å²) in [6, 6.07) is 7.81. The third-order valence-electron chi connectivity index (χ3n) is 4.68. The number of benzene rings is 1.